The van der Waals surface area contributed by atoms with Crippen LogP contribution < -0.4 is 0 Å². The van der Waals surface area contributed by atoms with Crippen LogP contribution in [0.2, 0.25) is 0 Å². The van der Waals surface area contributed by atoms with E-state index >= 15 is 0 Å². The quantitative estimate of drug-likeness (QED) is 0.302. The number of Topliss-reactive ketones (excluding diaryl/α,β-unsaturated/α-hetero) is 1. The number of carbonyl (C=O) groups is 3. The van der Waals surface area contributed by atoms with Crippen molar-refractivity contribution in [3.63, 3.8) is 0 Å². The van der Waals surface area contributed by atoms with E-state index in [1.54, 1.807) is 48.5 Å². The third kappa shape index (κ3) is 8.54. The Morgan fingerprint density at radius 1 is 1.17 bits per heavy atom. The number of ketones is 1. The molecule has 0 amide bonds. The minimum atomic E-state index is -4.07. The minimum absolute atomic E-state index is 0.0384. The summed E-state index contributed by atoms with van der Waals surface area (Å²) in [4.78, 5) is 36.0. The van der Waals surface area contributed by atoms with Gasteiger partial charge < -0.3 is 9.47 Å². The van der Waals surface area contributed by atoms with Gasteiger partial charge in [-0.25, -0.2) is 9.09 Å². The van der Waals surface area contributed by atoms with Gasteiger partial charge in [-0.15, -0.1) is 0 Å². The Labute approximate surface area is 172 Å². The molecule has 0 N–H and O–H groups in total. The maximum absolute atomic E-state index is 12.7. The van der Waals surface area contributed by atoms with Gasteiger partial charge in [0.1, 0.15) is 6.10 Å². The van der Waals surface area contributed by atoms with E-state index in [4.69, 9.17) is 23.0 Å². The lowest BCUT2D eigenvalue weighted by Crippen LogP contribution is -2.45. The fourth-order valence-corrected chi connectivity index (χ4v) is 3.94. The SMILES string of the molecule is CC(C)OC(=O)CCCC(=O)[C@@H]1O[P@](=O)(OCOC(=O)C(C)(C)C)OCC1(C)C. The lowest BCUT2D eigenvalue weighted by atomic mass is 9.84. The summed E-state index contributed by atoms with van der Waals surface area (Å²) in [7, 11) is -4.07. The Bertz CT molecular complexity index is 649. The van der Waals surface area contributed by atoms with Crippen molar-refractivity contribution in [2.24, 2.45) is 10.8 Å². The van der Waals surface area contributed by atoms with E-state index in [0.717, 1.165) is 0 Å². The van der Waals surface area contributed by atoms with Crippen LogP contribution in [0.3, 0.4) is 0 Å². The molecule has 0 radical (unpaired) electrons. The first-order valence-electron chi connectivity index (χ1n) is 9.63. The van der Waals surface area contributed by atoms with E-state index in [0.29, 0.717) is 0 Å². The van der Waals surface area contributed by atoms with E-state index in [2.05, 4.69) is 0 Å². The molecule has 0 unspecified atom stereocenters. The van der Waals surface area contributed by atoms with Crippen LogP contribution in [-0.4, -0.2) is 43.3 Å². The molecule has 1 aliphatic heterocycles. The number of phosphoric acid groups is 1. The smallest absolute Gasteiger partial charge is 0.463 e. The van der Waals surface area contributed by atoms with Crippen molar-refractivity contribution in [1.29, 1.82) is 0 Å². The first-order valence-corrected chi connectivity index (χ1v) is 11.1. The second-order valence-corrected chi connectivity index (χ2v) is 10.6. The second-order valence-electron chi connectivity index (χ2n) is 8.98. The molecule has 10 heteroatoms. The summed E-state index contributed by atoms with van der Waals surface area (Å²) in [6, 6.07) is 0. The normalized spacial score (nSPS) is 24.2. The lowest BCUT2D eigenvalue weighted by molar-refractivity contribution is -0.163. The first kappa shape index (κ1) is 25.8. The van der Waals surface area contributed by atoms with Gasteiger partial charge in [-0.1, -0.05) is 13.8 Å². The molecule has 0 aromatic heterocycles. The summed E-state index contributed by atoms with van der Waals surface area (Å²) in [5.41, 5.74) is -1.49. The average molecular weight is 436 g/mol. The molecule has 29 heavy (non-hydrogen) atoms. The highest BCUT2D eigenvalue weighted by Crippen LogP contribution is 2.57. The van der Waals surface area contributed by atoms with Crippen LogP contribution >= 0.6 is 7.82 Å². The third-order valence-corrected chi connectivity index (χ3v) is 5.35. The van der Waals surface area contributed by atoms with Crippen molar-refractivity contribution < 1.29 is 42.0 Å². The third-order valence-electron chi connectivity index (χ3n) is 4.02. The second kappa shape index (κ2) is 10.2. The molecule has 1 heterocycles. The van der Waals surface area contributed by atoms with Crippen molar-refractivity contribution in [1.82, 2.24) is 0 Å². The highest BCUT2D eigenvalue weighted by atomic mass is 31.2. The van der Waals surface area contributed by atoms with Crippen LogP contribution in [0, 0.1) is 10.8 Å². The van der Waals surface area contributed by atoms with E-state index in [9.17, 15) is 18.9 Å². The summed E-state index contributed by atoms with van der Waals surface area (Å²) in [5, 5.41) is 0. The highest BCUT2D eigenvalue weighted by molar-refractivity contribution is 7.48. The summed E-state index contributed by atoms with van der Waals surface area (Å²) >= 11 is 0. The lowest BCUT2D eigenvalue weighted by Gasteiger charge is -2.39. The maximum atomic E-state index is 12.7. The van der Waals surface area contributed by atoms with E-state index < -0.39 is 37.5 Å². The molecule has 1 saturated heterocycles. The molecule has 168 valence electrons. The standard InChI is InChI=1S/C19H33O9P/c1-13(2)27-15(21)10-8-9-14(20)16-19(6,7)11-25-29(23,28-16)26-12-24-17(22)18(3,4)5/h13,16H,8-12H2,1-7H3/t16-,29-/m0/s1. The number of esters is 2. The van der Waals surface area contributed by atoms with Crippen molar-refractivity contribution >= 4 is 25.5 Å². The number of ether oxygens (including phenoxy) is 2. The summed E-state index contributed by atoms with van der Waals surface area (Å²) < 4.78 is 38.3. The summed E-state index contributed by atoms with van der Waals surface area (Å²) in [6.07, 6.45) is -0.812. The number of rotatable bonds is 9. The Kier molecular flexibility index (Phi) is 9.02. The molecular weight excluding hydrogens is 403 g/mol. The fraction of sp³-hybridized carbons (Fsp3) is 0.842. The number of hydrogen-bond donors (Lipinski definition) is 0. The predicted molar refractivity (Wildman–Crippen MR) is 104 cm³/mol. The van der Waals surface area contributed by atoms with Gasteiger partial charge in [0.15, 0.2) is 5.78 Å². The zero-order valence-corrected chi connectivity index (χ0v) is 19.2. The Balaban J connectivity index is 2.62. The van der Waals surface area contributed by atoms with Crippen LogP contribution in [-0.2, 0) is 42.0 Å². The molecule has 9 nitrogen and oxygen atoms in total. The fourth-order valence-electron chi connectivity index (χ4n) is 2.41. The number of phosphoric ester groups is 1. The molecule has 0 aromatic rings. The average Bonchev–Trinajstić information content (AvgIpc) is 2.55. The topological polar surface area (TPSA) is 114 Å². The zero-order valence-electron chi connectivity index (χ0n) is 18.3. The zero-order chi connectivity index (χ0) is 22.5. The molecule has 0 spiro atoms. The van der Waals surface area contributed by atoms with Gasteiger partial charge in [-0.05, 0) is 41.0 Å². The van der Waals surface area contributed by atoms with Crippen LogP contribution in [0.5, 0.6) is 0 Å². The van der Waals surface area contributed by atoms with Gasteiger partial charge in [-0.2, -0.15) is 0 Å². The number of carbonyl (C=O) groups excluding carboxylic acids is 3. The Morgan fingerprint density at radius 3 is 2.34 bits per heavy atom. The predicted octanol–water partition coefficient (Wildman–Crippen LogP) is 3.79. The van der Waals surface area contributed by atoms with Crippen LogP contribution in [0.1, 0.15) is 67.7 Å². The van der Waals surface area contributed by atoms with Crippen molar-refractivity contribution in [2.45, 2.75) is 79.9 Å². The van der Waals surface area contributed by atoms with Gasteiger partial charge in [0.05, 0.1) is 18.1 Å². The maximum Gasteiger partial charge on any atom is 0.478 e. The van der Waals surface area contributed by atoms with Crippen molar-refractivity contribution in [3.05, 3.63) is 0 Å². The molecule has 0 aromatic carbocycles. The Morgan fingerprint density at radius 2 is 1.79 bits per heavy atom. The highest BCUT2D eigenvalue weighted by Gasteiger charge is 2.48. The van der Waals surface area contributed by atoms with Gasteiger partial charge >= 0.3 is 19.8 Å². The van der Waals surface area contributed by atoms with E-state index in [1.165, 1.54) is 0 Å². The first-order chi connectivity index (χ1) is 13.2. The molecular formula is C19H33O9P. The summed E-state index contributed by atoms with van der Waals surface area (Å²) in [5.74, 6) is -1.23. The van der Waals surface area contributed by atoms with Crippen LogP contribution in [0.25, 0.3) is 0 Å². The van der Waals surface area contributed by atoms with Gasteiger partial charge in [0.25, 0.3) is 0 Å². The van der Waals surface area contributed by atoms with Crippen molar-refractivity contribution in [2.75, 3.05) is 13.4 Å². The molecule has 2 atom stereocenters. The number of hydrogen-bond acceptors (Lipinski definition) is 9. The molecule has 0 aliphatic carbocycles. The van der Waals surface area contributed by atoms with Gasteiger partial charge in [0.2, 0.25) is 6.79 Å². The Hall–Kier alpha value is -1.28. The molecule has 0 bridgehead atoms. The van der Waals surface area contributed by atoms with Crippen molar-refractivity contribution in [3.8, 4) is 0 Å². The van der Waals surface area contributed by atoms with Crippen LogP contribution in [0.4, 0.5) is 0 Å². The van der Waals surface area contributed by atoms with E-state index in [1.807, 2.05) is 0 Å². The van der Waals surface area contributed by atoms with E-state index in [-0.39, 0.29) is 43.7 Å². The molecule has 1 rings (SSSR count). The molecule has 0 saturated carbocycles. The summed E-state index contributed by atoms with van der Waals surface area (Å²) in [6.45, 7) is 11.3. The van der Waals surface area contributed by atoms with Gasteiger partial charge in [-0.3, -0.25) is 23.4 Å². The largest absolute Gasteiger partial charge is 0.478 e. The monoisotopic (exact) mass is 436 g/mol. The molecule has 1 fully saturated rings. The molecule has 1 aliphatic rings. The minimum Gasteiger partial charge on any atom is -0.463 e. The van der Waals surface area contributed by atoms with Crippen LogP contribution in [0.15, 0.2) is 0 Å². The van der Waals surface area contributed by atoms with Gasteiger partial charge in [0, 0.05) is 18.3 Å².